The lowest BCUT2D eigenvalue weighted by Gasteiger charge is -2.47. The molecule has 0 radical (unpaired) electrons. The van der Waals surface area contributed by atoms with Crippen LogP contribution in [0, 0.1) is 0 Å². The first-order valence-electron chi connectivity index (χ1n) is 8.82. The van der Waals surface area contributed by atoms with Gasteiger partial charge >= 0.3 is 0 Å². The zero-order chi connectivity index (χ0) is 18.4. The summed E-state index contributed by atoms with van der Waals surface area (Å²) in [5.41, 5.74) is 0.605. The molecule has 0 aliphatic carbocycles. The molecule has 4 rings (SSSR count). The van der Waals surface area contributed by atoms with E-state index in [1.807, 2.05) is 42.5 Å². The average Bonchev–Trinajstić information content (AvgIpc) is 2.69. The van der Waals surface area contributed by atoms with Gasteiger partial charge in [-0.05, 0) is 29.8 Å². The highest BCUT2D eigenvalue weighted by molar-refractivity contribution is 6.00. The molecule has 2 aromatic carbocycles. The zero-order valence-electron chi connectivity index (χ0n) is 14.9. The number of rotatable bonds is 1. The number of amides is 3. The third kappa shape index (κ3) is 2.53. The SMILES string of the molecule is C[C@H]1C(=O)N2CCN(C(=O)c3ccc4ccccc4c3)C[C@@H]2C(=O)N1C. The molecule has 0 bridgehead atoms. The van der Waals surface area contributed by atoms with Gasteiger partial charge in [-0.2, -0.15) is 0 Å². The molecule has 2 aromatic rings. The average molecular weight is 351 g/mol. The lowest BCUT2D eigenvalue weighted by Crippen LogP contribution is -2.69. The molecular weight excluding hydrogens is 330 g/mol. The van der Waals surface area contributed by atoms with Gasteiger partial charge in [-0.15, -0.1) is 0 Å². The summed E-state index contributed by atoms with van der Waals surface area (Å²) in [4.78, 5) is 42.8. The van der Waals surface area contributed by atoms with Crippen molar-refractivity contribution in [1.29, 1.82) is 0 Å². The van der Waals surface area contributed by atoms with Crippen molar-refractivity contribution in [2.75, 3.05) is 26.7 Å². The van der Waals surface area contributed by atoms with Crippen LogP contribution in [-0.4, -0.2) is 71.2 Å². The minimum absolute atomic E-state index is 0.0464. The number of carbonyl (C=O) groups excluding carboxylic acids is 3. The smallest absolute Gasteiger partial charge is 0.254 e. The first kappa shape index (κ1) is 16.6. The van der Waals surface area contributed by atoms with E-state index in [-0.39, 0.29) is 24.3 Å². The molecule has 134 valence electrons. The number of hydrogen-bond acceptors (Lipinski definition) is 3. The normalized spacial score (nSPS) is 23.4. The second-order valence-corrected chi connectivity index (χ2v) is 6.99. The molecule has 6 heteroatoms. The van der Waals surface area contributed by atoms with Gasteiger partial charge in [-0.3, -0.25) is 14.4 Å². The third-order valence-corrected chi connectivity index (χ3v) is 5.52. The molecule has 0 N–H and O–H groups in total. The topological polar surface area (TPSA) is 60.9 Å². The van der Waals surface area contributed by atoms with Crippen molar-refractivity contribution in [1.82, 2.24) is 14.7 Å². The van der Waals surface area contributed by atoms with Crippen LogP contribution in [0.5, 0.6) is 0 Å². The number of hydrogen-bond donors (Lipinski definition) is 0. The Kier molecular flexibility index (Phi) is 3.90. The second kappa shape index (κ2) is 6.12. The van der Waals surface area contributed by atoms with Crippen molar-refractivity contribution < 1.29 is 14.4 Å². The van der Waals surface area contributed by atoms with Crippen molar-refractivity contribution in [2.24, 2.45) is 0 Å². The van der Waals surface area contributed by atoms with Gasteiger partial charge in [0.05, 0.1) is 6.54 Å². The van der Waals surface area contributed by atoms with Gasteiger partial charge in [-0.25, -0.2) is 0 Å². The summed E-state index contributed by atoms with van der Waals surface area (Å²) in [6.45, 7) is 2.82. The predicted octanol–water partition coefficient (Wildman–Crippen LogP) is 1.35. The predicted molar refractivity (Wildman–Crippen MR) is 97.6 cm³/mol. The molecule has 2 heterocycles. The number of likely N-dealkylation sites (N-methyl/N-ethyl adjacent to an activating group) is 1. The van der Waals surface area contributed by atoms with Gasteiger partial charge in [0.25, 0.3) is 5.91 Å². The number of carbonyl (C=O) groups is 3. The van der Waals surface area contributed by atoms with Gasteiger partial charge in [-0.1, -0.05) is 30.3 Å². The van der Waals surface area contributed by atoms with E-state index in [2.05, 4.69) is 0 Å². The highest BCUT2D eigenvalue weighted by Crippen LogP contribution is 2.23. The van der Waals surface area contributed by atoms with Crippen LogP contribution in [0.15, 0.2) is 42.5 Å². The summed E-state index contributed by atoms with van der Waals surface area (Å²) >= 11 is 0. The van der Waals surface area contributed by atoms with Crippen LogP contribution < -0.4 is 0 Å². The molecule has 2 fully saturated rings. The van der Waals surface area contributed by atoms with E-state index in [9.17, 15) is 14.4 Å². The van der Waals surface area contributed by atoms with Crippen LogP contribution in [0.1, 0.15) is 17.3 Å². The Balaban J connectivity index is 1.58. The van der Waals surface area contributed by atoms with E-state index < -0.39 is 12.1 Å². The van der Waals surface area contributed by atoms with E-state index >= 15 is 0 Å². The molecule has 6 nitrogen and oxygen atoms in total. The standard InChI is InChI=1S/C20H21N3O3/c1-13-18(24)23-10-9-22(12-17(23)20(26)21(13)2)19(25)16-8-7-14-5-3-4-6-15(14)11-16/h3-8,11,13,17H,9-10,12H2,1-2H3/t13-,17+/m0/s1. The van der Waals surface area contributed by atoms with Crippen LogP contribution in [0.25, 0.3) is 10.8 Å². The minimum Gasteiger partial charge on any atom is -0.334 e. The van der Waals surface area contributed by atoms with Crippen molar-refractivity contribution in [3.63, 3.8) is 0 Å². The fourth-order valence-electron chi connectivity index (χ4n) is 3.78. The number of fused-ring (bicyclic) bond motifs is 2. The lowest BCUT2D eigenvalue weighted by atomic mass is 10.0. The molecule has 0 spiro atoms. The number of piperazine rings is 2. The second-order valence-electron chi connectivity index (χ2n) is 6.99. The van der Waals surface area contributed by atoms with E-state index in [1.54, 1.807) is 23.8 Å². The monoisotopic (exact) mass is 351 g/mol. The fourth-order valence-corrected chi connectivity index (χ4v) is 3.78. The molecule has 0 aromatic heterocycles. The van der Waals surface area contributed by atoms with Crippen molar-refractivity contribution >= 4 is 28.5 Å². The lowest BCUT2D eigenvalue weighted by molar-refractivity contribution is -0.162. The summed E-state index contributed by atoms with van der Waals surface area (Å²) in [6, 6.07) is 12.5. The van der Waals surface area contributed by atoms with E-state index in [0.29, 0.717) is 18.7 Å². The van der Waals surface area contributed by atoms with E-state index in [1.165, 1.54) is 4.90 Å². The van der Waals surface area contributed by atoms with Crippen LogP contribution in [0.2, 0.25) is 0 Å². The summed E-state index contributed by atoms with van der Waals surface area (Å²) in [5, 5.41) is 2.09. The first-order chi connectivity index (χ1) is 12.5. The molecule has 2 saturated heterocycles. The molecule has 3 amide bonds. The Morgan fingerprint density at radius 1 is 1.00 bits per heavy atom. The number of nitrogens with zero attached hydrogens (tertiary/aromatic N) is 3. The van der Waals surface area contributed by atoms with Crippen LogP contribution in [-0.2, 0) is 9.59 Å². The quantitative estimate of drug-likeness (QED) is 0.779. The van der Waals surface area contributed by atoms with Gasteiger partial charge in [0.2, 0.25) is 11.8 Å². The van der Waals surface area contributed by atoms with Crippen molar-refractivity contribution in [3.05, 3.63) is 48.0 Å². The maximum Gasteiger partial charge on any atom is 0.254 e. The maximum atomic E-state index is 12.9. The minimum atomic E-state index is -0.582. The molecule has 2 aliphatic rings. The highest BCUT2D eigenvalue weighted by Gasteiger charge is 2.45. The summed E-state index contributed by atoms with van der Waals surface area (Å²) in [7, 11) is 1.65. The summed E-state index contributed by atoms with van der Waals surface area (Å²) in [6.07, 6.45) is 0. The Hall–Kier alpha value is -2.89. The highest BCUT2D eigenvalue weighted by atomic mass is 16.2. The van der Waals surface area contributed by atoms with Crippen LogP contribution in [0.4, 0.5) is 0 Å². The Morgan fingerprint density at radius 2 is 1.73 bits per heavy atom. The molecule has 2 atom stereocenters. The van der Waals surface area contributed by atoms with E-state index in [0.717, 1.165) is 10.8 Å². The molecule has 0 saturated carbocycles. The van der Waals surface area contributed by atoms with Gasteiger partial charge < -0.3 is 14.7 Å². The molecule has 26 heavy (non-hydrogen) atoms. The van der Waals surface area contributed by atoms with Crippen LogP contribution in [0.3, 0.4) is 0 Å². The van der Waals surface area contributed by atoms with Crippen LogP contribution >= 0.6 is 0 Å². The largest absolute Gasteiger partial charge is 0.334 e. The Labute approximate surface area is 152 Å². The Morgan fingerprint density at radius 3 is 2.50 bits per heavy atom. The van der Waals surface area contributed by atoms with Gasteiger partial charge in [0.15, 0.2) is 0 Å². The third-order valence-electron chi connectivity index (χ3n) is 5.52. The van der Waals surface area contributed by atoms with Gasteiger partial charge in [0, 0.05) is 25.7 Å². The van der Waals surface area contributed by atoms with Crippen molar-refractivity contribution in [3.8, 4) is 0 Å². The zero-order valence-corrected chi connectivity index (χ0v) is 14.9. The molecular formula is C20H21N3O3. The van der Waals surface area contributed by atoms with E-state index in [4.69, 9.17) is 0 Å². The summed E-state index contributed by atoms with van der Waals surface area (Å²) < 4.78 is 0. The Bertz CT molecular complexity index is 910. The van der Waals surface area contributed by atoms with Crippen molar-refractivity contribution in [2.45, 2.75) is 19.0 Å². The van der Waals surface area contributed by atoms with Gasteiger partial charge in [0.1, 0.15) is 12.1 Å². The summed E-state index contributed by atoms with van der Waals surface area (Å²) in [5.74, 6) is -0.250. The molecule has 2 aliphatic heterocycles. The number of benzene rings is 2. The maximum absolute atomic E-state index is 12.9. The first-order valence-corrected chi connectivity index (χ1v) is 8.82. The fraction of sp³-hybridized carbons (Fsp3) is 0.350. The molecule has 0 unspecified atom stereocenters.